The van der Waals surface area contributed by atoms with E-state index in [2.05, 4.69) is 17.4 Å². The number of hydrogen-bond acceptors (Lipinski definition) is 4. The maximum absolute atomic E-state index is 13.8. The van der Waals surface area contributed by atoms with Gasteiger partial charge in [0, 0.05) is 28.8 Å². The van der Waals surface area contributed by atoms with Gasteiger partial charge in [-0.05, 0) is 84.6 Å². The van der Waals surface area contributed by atoms with Crippen LogP contribution in [0.3, 0.4) is 0 Å². The molecule has 0 spiro atoms. The van der Waals surface area contributed by atoms with Crippen LogP contribution in [0.4, 0.5) is 0 Å². The molecule has 1 saturated carbocycles. The van der Waals surface area contributed by atoms with E-state index < -0.39 is 11.9 Å². The lowest BCUT2D eigenvalue weighted by Crippen LogP contribution is -2.26. The Hall–Kier alpha value is -4.32. The Kier molecular flexibility index (Phi) is 8.88. The molecule has 1 fully saturated rings. The SMILES string of the molecule is O=C(O)CCNC(=O)c1ccc(C(=O)/C(=C/C(=O)c2ccc3c(c2)CCC3)c2ccc(C3CCCCC3)cc2)cc1. The number of fused-ring (bicyclic) bond motifs is 1. The molecule has 6 heteroatoms. The van der Waals surface area contributed by atoms with Gasteiger partial charge >= 0.3 is 5.97 Å². The summed E-state index contributed by atoms with van der Waals surface area (Å²) in [6.45, 7) is 0.0173. The minimum Gasteiger partial charge on any atom is -0.481 e. The Morgan fingerprint density at radius 1 is 0.732 bits per heavy atom. The van der Waals surface area contributed by atoms with Gasteiger partial charge < -0.3 is 10.4 Å². The Morgan fingerprint density at radius 2 is 1.37 bits per heavy atom. The Labute approximate surface area is 240 Å². The van der Waals surface area contributed by atoms with Crippen LogP contribution >= 0.6 is 0 Å². The van der Waals surface area contributed by atoms with E-state index in [0.29, 0.717) is 33.7 Å². The lowest BCUT2D eigenvalue weighted by molar-refractivity contribution is -0.136. The normalized spacial score (nSPS) is 15.3. The van der Waals surface area contributed by atoms with Crippen LogP contribution in [-0.2, 0) is 17.6 Å². The summed E-state index contributed by atoms with van der Waals surface area (Å²) >= 11 is 0. The van der Waals surface area contributed by atoms with Crippen molar-refractivity contribution in [3.05, 3.63) is 112 Å². The molecule has 2 N–H and O–H groups in total. The fourth-order valence-electron chi connectivity index (χ4n) is 5.90. The van der Waals surface area contributed by atoms with Gasteiger partial charge in [0.15, 0.2) is 11.6 Å². The number of carbonyl (C=O) groups excluding carboxylic acids is 3. The molecule has 0 aromatic heterocycles. The van der Waals surface area contributed by atoms with Crippen molar-refractivity contribution < 1.29 is 24.3 Å². The summed E-state index contributed by atoms with van der Waals surface area (Å²) in [5.74, 6) is -1.39. The molecule has 1 amide bonds. The van der Waals surface area contributed by atoms with Gasteiger partial charge in [0.05, 0.1) is 6.42 Å². The van der Waals surface area contributed by atoms with Crippen molar-refractivity contribution >= 4 is 29.0 Å². The summed E-state index contributed by atoms with van der Waals surface area (Å²) in [6.07, 6.45) is 10.5. The van der Waals surface area contributed by atoms with E-state index in [0.717, 1.165) is 19.3 Å². The molecule has 0 saturated heterocycles. The van der Waals surface area contributed by atoms with Crippen molar-refractivity contribution in [2.24, 2.45) is 0 Å². The molecule has 0 atom stereocenters. The van der Waals surface area contributed by atoms with Gasteiger partial charge in [0.2, 0.25) is 0 Å². The van der Waals surface area contributed by atoms with Crippen LogP contribution in [0.1, 0.15) is 104 Å². The molecule has 0 bridgehead atoms. The number of aliphatic carboxylic acids is 1. The number of rotatable bonds is 10. The van der Waals surface area contributed by atoms with Crippen LogP contribution in [0, 0.1) is 0 Å². The van der Waals surface area contributed by atoms with Gasteiger partial charge in [-0.15, -0.1) is 0 Å². The Balaban J connectivity index is 1.42. The van der Waals surface area contributed by atoms with Crippen molar-refractivity contribution in [3.63, 3.8) is 0 Å². The summed E-state index contributed by atoms with van der Waals surface area (Å²) in [5, 5.41) is 11.3. The molecule has 41 heavy (non-hydrogen) atoms. The van der Waals surface area contributed by atoms with Gasteiger partial charge in [-0.1, -0.05) is 67.8 Å². The van der Waals surface area contributed by atoms with Gasteiger partial charge in [0.25, 0.3) is 5.91 Å². The first kappa shape index (κ1) is 28.2. The van der Waals surface area contributed by atoms with Crippen LogP contribution in [0.15, 0.2) is 72.8 Å². The number of allylic oxidation sites excluding steroid dienone is 2. The third-order valence-corrected chi connectivity index (χ3v) is 8.24. The Morgan fingerprint density at radius 3 is 2.07 bits per heavy atom. The summed E-state index contributed by atoms with van der Waals surface area (Å²) < 4.78 is 0. The van der Waals surface area contributed by atoms with Crippen molar-refractivity contribution in [1.29, 1.82) is 0 Å². The zero-order valence-electron chi connectivity index (χ0n) is 23.2. The number of benzene rings is 3. The van der Waals surface area contributed by atoms with Crippen LogP contribution in [0.25, 0.3) is 5.57 Å². The second-order valence-electron chi connectivity index (χ2n) is 11.0. The molecule has 2 aliphatic carbocycles. The largest absolute Gasteiger partial charge is 0.481 e. The highest BCUT2D eigenvalue weighted by atomic mass is 16.4. The van der Waals surface area contributed by atoms with E-state index in [9.17, 15) is 19.2 Å². The number of ketones is 2. The zero-order chi connectivity index (χ0) is 28.8. The Bertz CT molecular complexity index is 1480. The second-order valence-corrected chi connectivity index (χ2v) is 11.0. The highest BCUT2D eigenvalue weighted by molar-refractivity contribution is 6.32. The van der Waals surface area contributed by atoms with Crippen molar-refractivity contribution in [2.45, 2.75) is 63.7 Å². The quantitative estimate of drug-likeness (QED) is 0.220. The first-order valence-corrected chi connectivity index (χ1v) is 14.5. The van der Waals surface area contributed by atoms with E-state index in [1.54, 1.807) is 12.1 Å². The minimum absolute atomic E-state index is 0.0173. The second kappa shape index (κ2) is 12.9. The molecule has 0 radical (unpaired) electrons. The topological polar surface area (TPSA) is 101 Å². The van der Waals surface area contributed by atoms with Gasteiger partial charge in [-0.2, -0.15) is 0 Å². The number of nitrogens with one attached hydrogen (secondary N) is 1. The van der Waals surface area contributed by atoms with Gasteiger partial charge in [-0.25, -0.2) is 0 Å². The maximum atomic E-state index is 13.8. The number of aryl methyl sites for hydroxylation is 2. The molecule has 3 aromatic carbocycles. The first-order valence-electron chi connectivity index (χ1n) is 14.5. The monoisotopic (exact) mass is 549 g/mol. The van der Waals surface area contributed by atoms with Crippen LogP contribution in [-0.4, -0.2) is 35.1 Å². The summed E-state index contributed by atoms with van der Waals surface area (Å²) in [5.41, 5.74) is 5.99. The highest BCUT2D eigenvalue weighted by Gasteiger charge is 2.21. The lowest BCUT2D eigenvalue weighted by Gasteiger charge is -2.22. The predicted octanol–water partition coefficient (Wildman–Crippen LogP) is 6.58. The van der Waals surface area contributed by atoms with Crippen molar-refractivity contribution in [3.8, 4) is 0 Å². The van der Waals surface area contributed by atoms with Crippen molar-refractivity contribution in [1.82, 2.24) is 5.32 Å². The van der Waals surface area contributed by atoms with E-state index in [4.69, 9.17) is 5.11 Å². The predicted molar refractivity (Wildman–Crippen MR) is 158 cm³/mol. The molecule has 6 nitrogen and oxygen atoms in total. The van der Waals surface area contributed by atoms with E-state index in [1.165, 1.54) is 67.0 Å². The zero-order valence-corrected chi connectivity index (χ0v) is 23.2. The fraction of sp³-hybridized carbons (Fsp3) is 0.314. The molecule has 0 heterocycles. The summed E-state index contributed by atoms with van der Waals surface area (Å²) in [4.78, 5) is 50.4. The van der Waals surface area contributed by atoms with Gasteiger partial charge in [-0.3, -0.25) is 19.2 Å². The molecule has 0 aliphatic heterocycles. The van der Waals surface area contributed by atoms with E-state index >= 15 is 0 Å². The smallest absolute Gasteiger partial charge is 0.305 e. The van der Waals surface area contributed by atoms with Crippen LogP contribution in [0.2, 0.25) is 0 Å². The first-order chi connectivity index (χ1) is 19.9. The lowest BCUT2D eigenvalue weighted by atomic mass is 9.83. The van der Waals surface area contributed by atoms with Crippen LogP contribution < -0.4 is 5.32 Å². The molecule has 5 rings (SSSR count). The number of carboxylic acids is 1. The molecule has 2 aliphatic rings. The highest BCUT2D eigenvalue weighted by Crippen LogP contribution is 2.33. The number of hydrogen-bond donors (Lipinski definition) is 2. The van der Waals surface area contributed by atoms with Gasteiger partial charge in [0.1, 0.15) is 0 Å². The molecule has 0 unspecified atom stereocenters. The molecular weight excluding hydrogens is 514 g/mol. The maximum Gasteiger partial charge on any atom is 0.305 e. The van der Waals surface area contributed by atoms with Crippen molar-refractivity contribution in [2.75, 3.05) is 6.54 Å². The molecule has 210 valence electrons. The minimum atomic E-state index is -0.994. The third-order valence-electron chi connectivity index (χ3n) is 8.24. The number of amides is 1. The number of Topliss-reactive ketones (excluding diaryl/α,β-unsaturated/α-hetero) is 1. The standard InChI is InChI=1S/C35H35NO5/c37-32(30-18-11-24-7-4-8-29(24)21-30)22-31(26-12-9-25(10-13-26)23-5-2-1-3-6-23)34(40)27-14-16-28(17-15-27)35(41)36-20-19-33(38)39/h9-18,21-23H,1-8,19-20H2,(H,36,41)(H,38,39)/b31-22+. The number of carboxylic acid groups (broad SMARTS) is 1. The average molecular weight is 550 g/mol. The fourth-order valence-corrected chi connectivity index (χ4v) is 5.90. The van der Waals surface area contributed by atoms with E-state index in [-0.39, 0.29) is 24.5 Å². The van der Waals surface area contributed by atoms with E-state index in [1.807, 2.05) is 30.3 Å². The summed E-state index contributed by atoms with van der Waals surface area (Å²) in [7, 11) is 0. The summed E-state index contributed by atoms with van der Waals surface area (Å²) in [6, 6.07) is 20.1. The molecule has 3 aromatic rings. The van der Waals surface area contributed by atoms with Crippen LogP contribution in [0.5, 0.6) is 0 Å². The molecular formula is C35H35NO5. The number of carbonyl (C=O) groups is 4. The third kappa shape index (κ3) is 6.88. The average Bonchev–Trinajstić information content (AvgIpc) is 3.48.